The Morgan fingerprint density at radius 3 is 2.29 bits per heavy atom. The van der Waals surface area contributed by atoms with E-state index in [2.05, 4.69) is 15.9 Å². The fourth-order valence-electron chi connectivity index (χ4n) is 1.33. The predicted molar refractivity (Wildman–Crippen MR) is 65.7 cm³/mol. The van der Waals surface area contributed by atoms with E-state index in [0.29, 0.717) is 0 Å². The van der Waals surface area contributed by atoms with Crippen molar-refractivity contribution in [3.8, 4) is 11.5 Å². The molecule has 4 nitrogen and oxygen atoms in total. The molecule has 0 atom stereocenters. The van der Waals surface area contributed by atoms with E-state index in [-0.39, 0.29) is 21.5 Å². The second-order valence-corrected chi connectivity index (χ2v) is 6.71. The summed E-state index contributed by atoms with van der Waals surface area (Å²) in [6.07, 6.45) is 0. The van der Waals surface area contributed by atoms with Crippen LogP contribution in [0, 0.1) is 5.82 Å². The predicted octanol–water partition coefficient (Wildman–Crippen LogP) is 2.67. The Hall–Kier alpha value is -0.530. The van der Waals surface area contributed by atoms with Gasteiger partial charge in [0.05, 0.1) is 24.4 Å². The van der Waals surface area contributed by atoms with Gasteiger partial charge in [-0.3, -0.25) is 0 Å². The van der Waals surface area contributed by atoms with Gasteiger partial charge in [0.2, 0.25) is 14.9 Å². The maximum absolute atomic E-state index is 13.9. The molecule has 17 heavy (non-hydrogen) atoms. The number of methoxy groups -OCH3 is 2. The van der Waals surface area contributed by atoms with Gasteiger partial charge in [-0.25, -0.2) is 8.42 Å². The van der Waals surface area contributed by atoms with Crippen LogP contribution in [0.25, 0.3) is 0 Å². The average Bonchev–Trinajstić information content (AvgIpc) is 2.15. The number of halogens is 3. The molecular weight excluding hydrogens is 339 g/mol. The second-order valence-electron chi connectivity index (χ2n) is 3.08. The van der Waals surface area contributed by atoms with Crippen LogP contribution in [-0.2, 0) is 14.8 Å². The van der Waals surface area contributed by atoms with Crippen molar-refractivity contribution in [1.29, 1.82) is 0 Å². The zero-order chi connectivity index (χ0) is 13.2. The molecule has 0 spiro atoms. The van der Waals surface area contributed by atoms with Crippen LogP contribution in [0.3, 0.4) is 0 Å². The molecule has 0 bridgehead atoms. The lowest BCUT2D eigenvalue weighted by atomic mass is 10.2. The van der Waals surface area contributed by atoms with Crippen molar-refractivity contribution in [1.82, 2.24) is 0 Å². The lowest BCUT2D eigenvalue weighted by Gasteiger charge is -2.12. The van der Waals surface area contributed by atoms with E-state index in [9.17, 15) is 12.8 Å². The van der Waals surface area contributed by atoms with Gasteiger partial charge >= 0.3 is 0 Å². The first kappa shape index (κ1) is 14.5. The summed E-state index contributed by atoms with van der Waals surface area (Å²) in [6, 6.07) is 1.39. The summed E-state index contributed by atoms with van der Waals surface area (Å²) in [5.74, 6) is -1.57. The van der Waals surface area contributed by atoms with E-state index < -0.39 is 20.6 Å². The van der Waals surface area contributed by atoms with Crippen molar-refractivity contribution >= 4 is 35.7 Å². The number of hydrogen-bond donors (Lipinski definition) is 0. The molecule has 0 saturated carbocycles. The minimum atomic E-state index is -3.80. The van der Waals surface area contributed by atoms with Gasteiger partial charge in [-0.15, -0.1) is 0 Å². The van der Waals surface area contributed by atoms with Gasteiger partial charge in [0.15, 0.2) is 11.5 Å². The number of ether oxygens (including phenoxy) is 2. The Labute approximate surface area is 111 Å². The van der Waals surface area contributed by atoms with Crippen molar-refractivity contribution < 1.29 is 22.3 Å². The summed E-state index contributed by atoms with van der Waals surface area (Å²) in [5.41, 5.74) is 0.118. The molecule has 0 saturated heterocycles. The summed E-state index contributed by atoms with van der Waals surface area (Å²) in [7, 11) is 3.85. The van der Waals surface area contributed by atoms with Crippen molar-refractivity contribution in [3.05, 3.63) is 21.9 Å². The summed E-state index contributed by atoms with van der Waals surface area (Å²) in [4.78, 5) is 0. The average molecular weight is 348 g/mol. The molecule has 0 aromatic heterocycles. The molecule has 0 N–H and O–H groups in total. The highest BCUT2D eigenvalue weighted by Crippen LogP contribution is 2.38. The fourth-order valence-corrected chi connectivity index (χ4v) is 2.88. The summed E-state index contributed by atoms with van der Waals surface area (Å²) >= 11 is 3.07. The first-order chi connectivity index (χ1) is 7.80. The Balaban J connectivity index is 3.42. The third-order valence-electron chi connectivity index (χ3n) is 1.94. The van der Waals surface area contributed by atoms with Gasteiger partial charge in [0.25, 0.3) is 0 Å². The number of hydrogen-bond acceptors (Lipinski definition) is 4. The van der Waals surface area contributed by atoms with Gasteiger partial charge in [-0.1, -0.05) is 0 Å². The van der Waals surface area contributed by atoms with Crippen LogP contribution in [0.4, 0.5) is 4.39 Å². The van der Waals surface area contributed by atoms with Crippen LogP contribution in [0.1, 0.15) is 5.56 Å². The first-order valence-corrected chi connectivity index (χ1v) is 7.58. The minimum absolute atomic E-state index is 0.0578. The lowest BCUT2D eigenvalue weighted by molar-refractivity contribution is 0.346. The molecule has 1 aromatic rings. The largest absolute Gasteiger partial charge is 0.493 e. The Kier molecular flexibility index (Phi) is 4.62. The Morgan fingerprint density at radius 2 is 1.88 bits per heavy atom. The molecular formula is C9H9BrClFO4S. The van der Waals surface area contributed by atoms with Gasteiger partial charge in [-0.05, 0) is 22.0 Å². The molecule has 8 heteroatoms. The smallest absolute Gasteiger partial charge is 0.236 e. The summed E-state index contributed by atoms with van der Waals surface area (Å²) < 4.78 is 45.8. The van der Waals surface area contributed by atoms with Crippen molar-refractivity contribution in [2.75, 3.05) is 14.2 Å². The molecule has 0 unspecified atom stereocenters. The molecule has 1 aromatic carbocycles. The monoisotopic (exact) mass is 346 g/mol. The van der Waals surface area contributed by atoms with Crippen molar-refractivity contribution in [2.24, 2.45) is 0 Å². The van der Waals surface area contributed by atoms with Crippen LogP contribution in [0.5, 0.6) is 11.5 Å². The normalized spacial score (nSPS) is 11.4. The standard InChI is InChI=1S/C9H9BrClFO4S/c1-15-8-5(4-17(11,13)14)3-6(10)9(16-2)7(8)12/h3H,4H2,1-2H3. The lowest BCUT2D eigenvalue weighted by Crippen LogP contribution is -2.03. The van der Waals surface area contributed by atoms with Crippen LogP contribution in [-0.4, -0.2) is 22.6 Å². The summed E-state index contributed by atoms with van der Waals surface area (Å²) in [6.45, 7) is 0. The third-order valence-corrected chi connectivity index (χ3v) is 3.52. The fraction of sp³-hybridized carbons (Fsp3) is 0.333. The molecule has 0 fully saturated rings. The van der Waals surface area contributed by atoms with Crippen LogP contribution in [0.15, 0.2) is 10.5 Å². The Bertz CT molecular complexity index is 532. The topological polar surface area (TPSA) is 52.6 Å². The second kappa shape index (κ2) is 5.41. The molecule has 0 aliphatic carbocycles. The molecule has 0 heterocycles. The number of benzene rings is 1. The van der Waals surface area contributed by atoms with Gasteiger partial charge in [0, 0.05) is 16.2 Å². The quantitative estimate of drug-likeness (QED) is 0.786. The van der Waals surface area contributed by atoms with E-state index in [1.807, 2.05) is 0 Å². The molecule has 0 aliphatic heterocycles. The zero-order valence-electron chi connectivity index (χ0n) is 8.96. The highest BCUT2D eigenvalue weighted by atomic mass is 79.9. The molecule has 1 rings (SSSR count). The summed E-state index contributed by atoms with van der Waals surface area (Å²) in [5, 5.41) is 0. The first-order valence-electron chi connectivity index (χ1n) is 4.31. The van der Waals surface area contributed by atoms with E-state index in [4.69, 9.17) is 20.2 Å². The van der Waals surface area contributed by atoms with E-state index in [1.165, 1.54) is 20.3 Å². The number of rotatable bonds is 4. The molecule has 96 valence electrons. The van der Waals surface area contributed by atoms with Gasteiger partial charge in [-0.2, -0.15) is 4.39 Å². The molecule has 0 amide bonds. The zero-order valence-corrected chi connectivity index (χ0v) is 12.1. The highest BCUT2D eigenvalue weighted by Gasteiger charge is 2.21. The van der Waals surface area contributed by atoms with E-state index in [1.54, 1.807) is 0 Å². The highest BCUT2D eigenvalue weighted by molar-refractivity contribution is 9.10. The van der Waals surface area contributed by atoms with Crippen LogP contribution in [0.2, 0.25) is 0 Å². The van der Waals surface area contributed by atoms with Gasteiger partial charge < -0.3 is 9.47 Å². The molecule has 0 aliphatic rings. The van der Waals surface area contributed by atoms with Crippen LogP contribution >= 0.6 is 26.6 Å². The van der Waals surface area contributed by atoms with Crippen molar-refractivity contribution in [2.45, 2.75) is 5.75 Å². The maximum Gasteiger partial charge on any atom is 0.236 e. The SMILES string of the molecule is COc1c(Br)cc(CS(=O)(=O)Cl)c(OC)c1F. The molecule has 0 radical (unpaired) electrons. The van der Waals surface area contributed by atoms with Crippen LogP contribution < -0.4 is 9.47 Å². The minimum Gasteiger partial charge on any atom is -0.493 e. The van der Waals surface area contributed by atoms with Crippen molar-refractivity contribution in [3.63, 3.8) is 0 Å². The van der Waals surface area contributed by atoms with E-state index in [0.717, 1.165) is 0 Å². The Morgan fingerprint density at radius 1 is 1.35 bits per heavy atom. The van der Waals surface area contributed by atoms with Gasteiger partial charge in [0.1, 0.15) is 0 Å². The van der Waals surface area contributed by atoms with E-state index >= 15 is 0 Å². The third kappa shape index (κ3) is 3.46. The maximum atomic E-state index is 13.9.